The van der Waals surface area contributed by atoms with E-state index < -0.39 is 0 Å². The van der Waals surface area contributed by atoms with E-state index >= 15 is 0 Å². The highest BCUT2D eigenvalue weighted by molar-refractivity contribution is 6.33. The van der Waals surface area contributed by atoms with Crippen molar-refractivity contribution in [2.24, 2.45) is 0 Å². The van der Waals surface area contributed by atoms with Crippen LogP contribution in [0.15, 0.2) is 42.7 Å². The van der Waals surface area contributed by atoms with Crippen LogP contribution in [-0.4, -0.2) is 15.0 Å². The number of hydrogen-bond donors (Lipinski definition) is 2. The molecule has 2 heterocycles. The molecule has 0 bridgehead atoms. The summed E-state index contributed by atoms with van der Waals surface area (Å²) >= 11 is 6.04. The number of nitrogens with two attached hydrogens (primary N) is 1. The van der Waals surface area contributed by atoms with E-state index in [0.717, 1.165) is 16.6 Å². The minimum atomic E-state index is 0.172. The maximum absolute atomic E-state index is 6.04. The van der Waals surface area contributed by atoms with Crippen LogP contribution in [-0.2, 0) is 0 Å². The lowest BCUT2D eigenvalue weighted by atomic mass is 10.2. The predicted molar refractivity (Wildman–Crippen MR) is 76.5 cm³/mol. The summed E-state index contributed by atoms with van der Waals surface area (Å²) in [6.45, 7) is 0. The fraction of sp³-hybridized carbons (Fsp3) is 0. The Bertz CT molecular complexity index is 739. The van der Waals surface area contributed by atoms with Gasteiger partial charge in [-0.3, -0.25) is 4.98 Å². The van der Waals surface area contributed by atoms with Gasteiger partial charge in [-0.25, -0.2) is 4.98 Å². The van der Waals surface area contributed by atoms with E-state index in [0.29, 0.717) is 10.8 Å². The second-order valence-corrected chi connectivity index (χ2v) is 4.33. The SMILES string of the molecule is Nc1ncc(Cl)c(Nc2cccc3ncccc23)n1. The van der Waals surface area contributed by atoms with Crippen LogP contribution < -0.4 is 11.1 Å². The van der Waals surface area contributed by atoms with Crippen molar-refractivity contribution in [1.29, 1.82) is 0 Å². The van der Waals surface area contributed by atoms with Crippen LogP contribution in [0.1, 0.15) is 0 Å². The molecule has 0 saturated heterocycles. The highest BCUT2D eigenvalue weighted by atomic mass is 35.5. The molecule has 0 atom stereocenters. The summed E-state index contributed by atoms with van der Waals surface area (Å²) in [5, 5.41) is 4.55. The highest BCUT2D eigenvalue weighted by Gasteiger charge is 2.06. The monoisotopic (exact) mass is 271 g/mol. The van der Waals surface area contributed by atoms with Gasteiger partial charge in [0.05, 0.1) is 11.7 Å². The number of aromatic nitrogens is 3. The number of nitrogens with zero attached hydrogens (tertiary/aromatic N) is 3. The van der Waals surface area contributed by atoms with Gasteiger partial charge in [0.25, 0.3) is 0 Å². The van der Waals surface area contributed by atoms with Crippen LogP contribution in [0.25, 0.3) is 10.9 Å². The van der Waals surface area contributed by atoms with Crippen molar-refractivity contribution in [2.45, 2.75) is 0 Å². The summed E-state index contributed by atoms with van der Waals surface area (Å²) in [5.41, 5.74) is 7.32. The van der Waals surface area contributed by atoms with Gasteiger partial charge in [-0.05, 0) is 24.3 Å². The van der Waals surface area contributed by atoms with Gasteiger partial charge >= 0.3 is 0 Å². The molecule has 1 aromatic carbocycles. The Morgan fingerprint density at radius 2 is 2.00 bits per heavy atom. The minimum absolute atomic E-state index is 0.172. The van der Waals surface area contributed by atoms with Crippen molar-refractivity contribution in [3.8, 4) is 0 Å². The van der Waals surface area contributed by atoms with Crippen LogP contribution in [0.4, 0.5) is 17.5 Å². The molecule has 0 radical (unpaired) electrons. The Labute approximate surface area is 114 Å². The molecule has 3 aromatic rings. The molecule has 0 unspecified atom stereocenters. The van der Waals surface area contributed by atoms with Crippen molar-refractivity contribution in [3.63, 3.8) is 0 Å². The summed E-state index contributed by atoms with van der Waals surface area (Å²) in [4.78, 5) is 12.2. The molecule has 3 N–H and O–H groups in total. The zero-order valence-electron chi connectivity index (χ0n) is 9.84. The summed E-state index contributed by atoms with van der Waals surface area (Å²) in [7, 11) is 0. The second kappa shape index (κ2) is 4.70. The Morgan fingerprint density at radius 3 is 2.89 bits per heavy atom. The second-order valence-electron chi connectivity index (χ2n) is 3.93. The zero-order chi connectivity index (χ0) is 13.2. The van der Waals surface area contributed by atoms with Gasteiger partial charge in [0.15, 0.2) is 5.82 Å². The van der Waals surface area contributed by atoms with Crippen molar-refractivity contribution in [1.82, 2.24) is 15.0 Å². The lowest BCUT2D eigenvalue weighted by molar-refractivity contribution is 1.19. The fourth-order valence-electron chi connectivity index (χ4n) is 1.81. The molecule has 0 amide bonds. The van der Waals surface area contributed by atoms with Crippen LogP contribution in [0.3, 0.4) is 0 Å². The average molecular weight is 272 g/mol. The summed E-state index contributed by atoms with van der Waals surface area (Å²) in [5.74, 6) is 0.649. The van der Waals surface area contributed by atoms with Crippen LogP contribution >= 0.6 is 11.6 Å². The number of benzene rings is 1. The smallest absolute Gasteiger partial charge is 0.222 e. The van der Waals surface area contributed by atoms with Gasteiger partial charge in [-0.2, -0.15) is 4.98 Å². The lowest BCUT2D eigenvalue weighted by Gasteiger charge is -2.09. The number of halogens is 1. The first-order valence-corrected chi connectivity index (χ1v) is 6.00. The van der Waals surface area contributed by atoms with Crippen molar-refractivity contribution in [3.05, 3.63) is 47.7 Å². The van der Waals surface area contributed by atoms with Gasteiger partial charge < -0.3 is 11.1 Å². The molecule has 0 aliphatic rings. The molecule has 94 valence electrons. The van der Waals surface area contributed by atoms with Crippen molar-refractivity contribution in [2.75, 3.05) is 11.1 Å². The van der Waals surface area contributed by atoms with Crippen LogP contribution in [0, 0.1) is 0 Å². The summed E-state index contributed by atoms with van der Waals surface area (Å²) < 4.78 is 0. The van der Waals surface area contributed by atoms with Crippen molar-refractivity contribution < 1.29 is 0 Å². The highest BCUT2D eigenvalue weighted by Crippen LogP contribution is 2.27. The Balaban J connectivity index is 2.08. The third kappa shape index (κ3) is 2.28. The first kappa shape index (κ1) is 11.7. The molecule has 0 fully saturated rings. The number of fused-ring (bicyclic) bond motifs is 1. The minimum Gasteiger partial charge on any atom is -0.368 e. The molecule has 19 heavy (non-hydrogen) atoms. The standard InChI is InChI=1S/C13H10ClN5/c14-9-7-17-13(15)19-12(9)18-11-5-1-4-10-8(11)3-2-6-16-10/h1-7H,(H3,15,17,18,19). The molecular formula is C13H10ClN5. The number of nitrogens with one attached hydrogen (secondary N) is 1. The van der Waals surface area contributed by atoms with E-state index in [-0.39, 0.29) is 5.95 Å². The van der Waals surface area contributed by atoms with Gasteiger partial charge in [-0.15, -0.1) is 0 Å². The third-order valence-corrected chi connectivity index (χ3v) is 2.94. The molecule has 0 aliphatic carbocycles. The van der Waals surface area contributed by atoms with Gasteiger partial charge in [0.1, 0.15) is 5.02 Å². The maximum atomic E-state index is 6.04. The average Bonchev–Trinajstić information content (AvgIpc) is 2.43. The molecule has 3 rings (SSSR count). The summed E-state index contributed by atoms with van der Waals surface area (Å²) in [6.07, 6.45) is 3.22. The van der Waals surface area contributed by atoms with E-state index in [1.165, 1.54) is 6.20 Å². The number of pyridine rings is 1. The number of rotatable bonds is 2. The summed E-state index contributed by atoms with van der Waals surface area (Å²) in [6, 6.07) is 9.64. The zero-order valence-corrected chi connectivity index (χ0v) is 10.6. The normalized spacial score (nSPS) is 10.6. The molecule has 5 nitrogen and oxygen atoms in total. The van der Waals surface area contributed by atoms with Crippen LogP contribution in [0.2, 0.25) is 5.02 Å². The lowest BCUT2D eigenvalue weighted by Crippen LogP contribution is -2.00. The Hall–Kier alpha value is -2.40. The maximum Gasteiger partial charge on any atom is 0.222 e. The van der Waals surface area contributed by atoms with Gasteiger partial charge in [0.2, 0.25) is 5.95 Å². The topological polar surface area (TPSA) is 76.7 Å². The van der Waals surface area contributed by atoms with E-state index in [4.69, 9.17) is 17.3 Å². The first-order chi connectivity index (χ1) is 9.24. The molecule has 0 aliphatic heterocycles. The van der Waals surface area contributed by atoms with E-state index in [1.54, 1.807) is 6.20 Å². The van der Waals surface area contributed by atoms with Crippen molar-refractivity contribution >= 4 is 40.0 Å². The molecular weight excluding hydrogens is 262 g/mol. The number of nitrogen functional groups attached to an aromatic ring is 1. The molecule has 0 saturated carbocycles. The number of hydrogen-bond acceptors (Lipinski definition) is 5. The first-order valence-electron chi connectivity index (χ1n) is 5.63. The molecule has 0 spiro atoms. The van der Waals surface area contributed by atoms with Crippen LogP contribution in [0.5, 0.6) is 0 Å². The largest absolute Gasteiger partial charge is 0.368 e. The third-order valence-electron chi connectivity index (χ3n) is 2.66. The molecule has 2 aromatic heterocycles. The van der Waals surface area contributed by atoms with Gasteiger partial charge in [0, 0.05) is 17.3 Å². The van der Waals surface area contributed by atoms with E-state index in [9.17, 15) is 0 Å². The number of anilines is 3. The quantitative estimate of drug-likeness (QED) is 0.749. The van der Waals surface area contributed by atoms with E-state index in [2.05, 4.69) is 20.3 Å². The molecule has 6 heteroatoms. The predicted octanol–water partition coefficient (Wildman–Crippen LogP) is 3.00. The Morgan fingerprint density at radius 1 is 1.11 bits per heavy atom. The van der Waals surface area contributed by atoms with Gasteiger partial charge in [-0.1, -0.05) is 17.7 Å². The fourth-order valence-corrected chi connectivity index (χ4v) is 1.95. The van der Waals surface area contributed by atoms with E-state index in [1.807, 2.05) is 30.3 Å². The Kier molecular flexibility index (Phi) is 2.89.